The van der Waals surface area contributed by atoms with E-state index in [9.17, 15) is 4.79 Å². The molecule has 0 saturated carbocycles. The van der Waals surface area contributed by atoms with Crippen molar-refractivity contribution in [3.05, 3.63) is 54.1 Å². The monoisotopic (exact) mass is 365 g/mol. The summed E-state index contributed by atoms with van der Waals surface area (Å²) in [7, 11) is 1.68. The molecule has 2 aliphatic rings. The van der Waals surface area contributed by atoms with E-state index in [0.717, 1.165) is 31.8 Å². The molecule has 0 aromatic heterocycles. The van der Waals surface area contributed by atoms with Gasteiger partial charge in [-0.3, -0.25) is 4.79 Å². The van der Waals surface area contributed by atoms with Crippen LogP contribution in [0.4, 0.5) is 11.4 Å². The molecule has 1 saturated heterocycles. The maximum Gasteiger partial charge on any atom is 0.225 e. The molecule has 2 atom stereocenters. The molecular formula is C22H27N3O2. The summed E-state index contributed by atoms with van der Waals surface area (Å²) in [5.74, 6) is 1.00. The summed E-state index contributed by atoms with van der Waals surface area (Å²) < 4.78 is 5.28. The van der Waals surface area contributed by atoms with E-state index in [0.29, 0.717) is 6.54 Å². The van der Waals surface area contributed by atoms with Crippen LogP contribution in [-0.4, -0.2) is 45.2 Å². The number of carbonyl (C=O) groups excluding carboxylic acids is 1. The van der Waals surface area contributed by atoms with Gasteiger partial charge < -0.3 is 19.9 Å². The van der Waals surface area contributed by atoms with Gasteiger partial charge >= 0.3 is 0 Å². The first-order valence-electron chi connectivity index (χ1n) is 9.72. The molecule has 2 aromatic carbocycles. The van der Waals surface area contributed by atoms with Crippen molar-refractivity contribution < 1.29 is 9.53 Å². The van der Waals surface area contributed by atoms with Crippen molar-refractivity contribution >= 4 is 17.3 Å². The number of hydrogen-bond acceptors (Lipinski definition) is 4. The third-order valence-corrected chi connectivity index (χ3v) is 5.75. The number of anilines is 2. The number of para-hydroxylation sites is 1. The highest BCUT2D eigenvalue weighted by Gasteiger charge is 2.41. The summed E-state index contributed by atoms with van der Waals surface area (Å²) in [4.78, 5) is 17.6. The van der Waals surface area contributed by atoms with Crippen molar-refractivity contribution in [2.75, 3.05) is 43.1 Å². The Morgan fingerprint density at radius 1 is 1.15 bits per heavy atom. The Balaban J connectivity index is 1.62. The first-order chi connectivity index (χ1) is 13.2. The number of hydrogen-bond donors (Lipinski definition) is 1. The molecule has 0 radical (unpaired) electrons. The molecule has 2 heterocycles. The molecule has 0 unspecified atom stereocenters. The smallest absolute Gasteiger partial charge is 0.225 e. The average Bonchev–Trinajstić information content (AvgIpc) is 2.73. The van der Waals surface area contributed by atoms with Crippen molar-refractivity contribution in [1.29, 1.82) is 0 Å². The molecule has 0 aliphatic carbocycles. The first kappa shape index (κ1) is 17.7. The largest absolute Gasteiger partial charge is 0.497 e. The van der Waals surface area contributed by atoms with E-state index in [1.165, 1.54) is 16.9 Å². The van der Waals surface area contributed by atoms with Crippen LogP contribution in [0.5, 0.6) is 5.75 Å². The molecule has 0 spiro atoms. The fourth-order valence-electron chi connectivity index (χ4n) is 4.39. The first-order valence-corrected chi connectivity index (χ1v) is 9.72. The second kappa shape index (κ2) is 7.51. The summed E-state index contributed by atoms with van der Waals surface area (Å²) in [6.45, 7) is 5.37. The highest BCUT2D eigenvalue weighted by atomic mass is 16.5. The minimum Gasteiger partial charge on any atom is -0.497 e. The van der Waals surface area contributed by atoms with Crippen LogP contribution in [-0.2, 0) is 11.2 Å². The van der Waals surface area contributed by atoms with Gasteiger partial charge in [0.15, 0.2) is 0 Å². The fraction of sp³-hybridized carbons (Fsp3) is 0.409. The molecule has 1 N–H and O–H groups in total. The van der Waals surface area contributed by atoms with Crippen LogP contribution in [0.3, 0.4) is 0 Å². The zero-order valence-corrected chi connectivity index (χ0v) is 16.0. The fourth-order valence-corrected chi connectivity index (χ4v) is 4.39. The summed E-state index contributed by atoms with van der Waals surface area (Å²) in [6, 6.07) is 16.9. The third kappa shape index (κ3) is 3.34. The molecule has 2 aliphatic heterocycles. The topological polar surface area (TPSA) is 44.8 Å². The molecule has 2 aromatic rings. The number of ether oxygens (including phenoxy) is 1. The van der Waals surface area contributed by atoms with Crippen molar-refractivity contribution in [3.8, 4) is 5.75 Å². The van der Waals surface area contributed by atoms with Crippen LogP contribution in [0.15, 0.2) is 48.5 Å². The molecule has 4 rings (SSSR count). The molecule has 5 heteroatoms. The minimum absolute atomic E-state index is 0.0269. The van der Waals surface area contributed by atoms with Crippen LogP contribution >= 0.6 is 0 Å². The van der Waals surface area contributed by atoms with Crippen LogP contribution < -0.4 is 19.9 Å². The Morgan fingerprint density at radius 2 is 1.93 bits per heavy atom. The third-order valence-electron chi connectivity index (χ3n) is 5.75. The Kier molecular flexibility index (Phi) is 4.92. The van der Waals surface area contributed by atoms with Gasteiger partial charge in [0.2, 0.25) is 5.91 Å². The van der Waals surface area contributed by atoms with Crippen molar-refractivity contribution in [2.24, 2.45) is 5.92 Å². The van der Waals surface area contributed by atoms with E-state index in [1.54, 1.807) is 7.11 Å². The Morgan fingerprint density at radius 3 is 2.67 bits per heavy atom. The molecule has 5 nitrogen and oxygen atoms in total. The zero-order valence-electron chi connectivity index (χ0n) is 16.0. The van der Waals surface area contributed by atoms with Gasteiger partial charge in [0.05, 0.1) is 19.1 Å². The van der Waals surface area contributed by atoms with Gasteiger partial charge in [0, 0.05) is 37.6 Å². The summed E-state index contributed by atoms with van der Waals surface area (Å²) in [5, 5.41) is 3.05. The van der Waals surface area contributed by atoms with Crippen molar-refractivity contribution in [2.45, 2.75) is 19.4 Å². The molecule has 0 bridgehead atoms. The van der Waals surface area contributed by atoms with E-state index >= 15 is 0 Å². The van der Waals surface area contributed by atoms with E-state index in [-0.39, 0.29) is 17.9 Å². The number of nitrogens with one attached hydrogen (secondary N) is 1. The van der Waals surface area contributed by atoms with Gasteiger partial charge in [-0.25, -0.2) is 0 Å². The van der Waals surface area contributed by atoms with Crippen LogP contribution in [0.2, 0.25) is 0 Å². The SMILES string of the molecule is CCNC(=O)[C@H]1Cc2ccccc2N2CCN(c3ccc(OC)cc3)C[C@H]12. The van der Waals surface area contributed by atoms with Gasteiger partial charge in [-0.15, -0.1) is 0 Å². The second-order valence-electron chi connectivity index (χ2n) is 7.24. The molecule has 27 heavy (non-hydrogen) atoms. The lowest BCUT2D eigenvalue weighted by atomic mass is 9.83. The van der Waals surface area contributed by atoms with Crippen molar-refractivity contribution in [3.63, 3.8) is 0 Å². The van der Waals surface area contributed by atoms with Gasteiger partial charge in [0.25, 0.3) is 0 Å². The van der Waals surface area contributed by atoms with Gasteiger partial charge in [-0.1, -0.05) is 18.2 Å². The summed E-state index contributed by atoms with van der Waals surface area (Å²) >= 11 is 0. The van der Waals surface area contributed by atoms with Crippen LogP contribution in [0.1, 0.15) is 12.5 Å². The normalized spacial score (nSPS) is 21.3. The number of benzene rings is 2. The lowest BCUT2D eigenvalue weighted by Crippen LogP contribution is -2.61. The quantitative estimate of drug-likeness (QED) is 0.905. The van der Waals surface area contributed by atoms with E-state index in [1.807, 2.05) is 19.1 Å². The lowest BCUT2D eigenvalue weighted by molar-refractivity contribution is -0.125. The maximum atomic E-state index is 12.8. The number of amides is 1. The van der Waals surface area contributed by atoms with E-state index < -0.39 is 0 Å². The Labute approximate surface area is 160 Å². The minimum atomic E-state index is -0.0269. The molecule has 142 valence electrons. The lowest BCUT2D eigenvalue weighted by Gasteiger charge is -2.49. The Bertz CT molecular complexity index is 805. The Hall–Kier alpha value is -2.69. The van der Waals surface area contributed by atoms with Gasteiger partial charge in [0.1, 0.15) is 5.75 Å². The summed E-state index contributed by atoms with van der Waals surface area (Å²) in [5.41, 5.74) is 3.75. The maximum absolute atomic E-state index is 12.8. The number of piperazine rings is 1. The van der Waals surface area contributed by atoms with Crippen LogP contribution in [0, 0.1) is 5.92 Å². The zero-order chi connectivity index (χ0) is 18.8. The van der Waals surface area contributed by atoms with E-state index in [2.05, 4.69) is 51.5 Å². The highest BCUT2D eigenvalue weighted by molar-refractivity contribution is 5.82. The number of carbonyl (C=O) groups is 1. The van der Waals surface area contributed by atoms with Gasteiger partial charge in [-0.2, -0.15) is 0 Å². The average molecular weight is 365 g/mol. The van der Waals surface area contributed by atoms with E-state index in [4.69, 9.17) is 4.74 Å². The van der Waals surface area contributed by atoms with Crippen LogP contribution in [0.25, 0.3) is 0 Å². The molecule has 1 fully saturated rings. The standard InChI is InChI=1S/C22H27N3O2/c1-3-23-22(26)19-14-16-6-4-5-7-20(16)25-13-12-24(15-21(19)25)17-8-10-18(27-2)11-9-17/h4-11,19,21H,3,12-15H2,1-2H3,(H,23,26)/t19-,21+/m0/s1. The molecule has 1 amide bonds. The van der Waals surface area contributed by atoms with Crippen molar-refractivity contribution in [1.82, 2.24) is 5.32 Å². The number of methoxy groups -OCH3 is 1. The van der Waals surface area contributed by atoms with Gasteiger partial charge in [-0.05, 0) is 49.2 Å². The molecular weight excluding hydrogens is 338 g/mol. The predicted octanol–water partition coefficient (Wildman–Crippen LogP) is 2.70. The predicted molar refractivity (Wildman–Crippen MR) is 109 cm³/mol. The highest BCUT2D eigenvalue weighted by Crippen LogP contribution is 2.37. The second-order valence-corrected chi connectivity index (χ2v) is 7.24. The number of nitrogens with zero attached hydrogens (tertiary/aromatic N) is 2. The number of fused-ring (bicyclic) bond motifs is 3. The number of rotatable bonds is 4. The summed E-state index contributed by atoms with van der Waals surface area (Å²) in [6.07, 6.45) is 0.805.